The Labute approximate surface area is 231 Å². The summed E-state index contributed by atoms with van der Waals surface area (Å²) in [4.78, 5) is 3.63. The van der Waals surface area contributed by atoms with E-state index in [1.165, 1.54) is 32.9 Å². The van der Waals surface area contributed by atoms with Crippen LogP contribution in [0, 0.1) is 0 Å². The van der Waals surface area contributed by atoms with Gasteiger partial charge in [0, 0.05) is 56.1 Å². The molecule has 5 aromatic carbocycles. The lowest BCUT2D eigenvalue weighted by molar-refractivity contribution is 0.581. The Morgan fingerprint density at radius 2 is 1.32 bits per heavy atom. The zero-order valence-corrected chi connectivity index (χ0v) is 22.0. The quantitative estimate of drug-likeness (QED) is 0.248. The molecule has 0 saturated heterocycles. The molecule has 0 radical (unpaired) electrons. The summed E-state index contributed by atoms with van der Waals surface area (Å²) in [5, 5.41) is 5.94. The molecule has 8 aromatic rings. The summed E-state index contributed by atoms with van der Waals surface area (Å²) in [6.07, 6.45) is 3.35. The average Bonchev–Trinajstić information content (AvgIpc) is 3.68. The maximum Gasteiger partial charge on any atom is 0.143 e. The van der Waals surface area contributed by atoms with Crippen molar-refractivity contribution >= 4 is 60.3 Å². The number of nitrogens with one attached hydrogen (secondary N) is 1. The predicted molar refractivity (Wildman–Crippen MR) is 167 cm³/mol. The van der Waals surface area contributed by atoms with E-state index < -0.39 is 0 Å². The smallest absolute Gasteiger partial charge is 0.143 e. The van der Waals surface area contributed by atoms with Gasteiger partial charge < -0.3 is 13.8 Å². The molecule has 1 aliphatic rings. The standard InChI is InChI=1S/C37H25NO2.H2/c1-21-13-16-25(37-35(21)28-8-3-5-12-34(28)40-37)23-15-18-32-30(20-23)29-19-22(14-17-31(29)38-32)24-9-6-10-27-26-7-2-4-11-33(26)39-36(24)27;/h2-12,14-21,38H,13H2,1H3;1H. The molecular formula is C37H27NO2. The van der Waals surface area contributed by atoms with E-state index in [2.05, 4.69) is 103 Å². The normalized spacial score (nSPS) is 15.4. The van der Waals surface area contributed by atoms with Gasteiger partial charge in [-0.2, -0.15) is 0 Å². The molecule has 0 bridgehead atoms. The van der Waals surface area contributed by atoms with Crippen LogP contribution in [0.4, 0.5) is 0 Å². The van der Waals surface area contributed by atoms with E-state index in [4.69, 9.17) is 8.83 Å². The third kappa shape index (κ3) is 3.00. The van der Waals surface area contributed by atoms with Crippen LogP contribution in [0.25, 0.3) is 71.4 Å². The number of hydrogen-bond donors (Lipinski definition) is 1. The summed E-state index contributed by atoms with van der Waals surface area (Å²) in [6.45, 7) is 2.29. The molecule has 0 saturated carbocycles. The number of para-hydroxylation sites is 3. The monoisotopic (exact) mass is 517 g/mol. The lowest BCUT2D eigenvalue weighted by Crippen LogP contribution is -2.02. The Kier molecular flexibility index (Phi) is 4.37. The Hall–Kier alpha value is -5.02. The molecule has 3 heterocycles. The van der Waals surface area contributed by atoms with Gasteiger partial charge in [0.25, 0.3) is 0 Å². The van der Waals surface area contributed by atoms with E-state index in [0.717, 1.165) is 61.9 Å². The summed E-state index contributed by atoms with van der Waals surface area (Å²) in [5.74, 6) is 1.44. The van der Waals surface area contributed by atoms with Gasteiger partial charge in [-0.15, -0.1) is 0 Å². The van der Waals surface area contributed by atoms with Gasteiger partial charge >= 0.3 is 0 Å². The van der Waals surface area contributed by atoms with E-state index in [1.54, 1.807) is 0 Å². The van der Waals surface area contributed by atoms with Crippen LogP contribution >= 0.6 is 0 Å². The maximum absolute atomic E-state index is 6.47. The van der Waals surface area contributed by atoms with Crippen LogP contribution in [0.15, 0.2) is 118 Å². The first-order valence-electron chi connectivity index (χ1n) is 13.9. The fourth-order valence-corrected chi connectivity index (χ4v) is 6.72. The third-order valence-electron chi connectivity index (χ3n) is 8.67. The van der Waals surface area contributed by atoms with Crippen molar-refractivity contribution in [3.63, 3.8) is 0 Å². The highest BCUT2D eigenvalue weighted by Gasteiger charge is 2.26. The number of rotatable bonds is 2. The van der Waals surface area contributed by atoms with E-state index in [9.17, 15) is 0 Å². The van der Waals surface area contributed by atoms with Crippen molar-refractivity contribution in [3.05, 3.63) is 126 Å². The number of fused-ring (bicyclic) bond motifs is 9. The van der Waals surface area contributed by atoms with Crippen LogP contribution in [-0.4, -0.2) is 4.98 Å². The molecule has 40 heavy (non-hydrogen) atoms. The van der Waals surface area contributed by atoms with Crippen molar-refractivity contribution in [2.24, 2.45) is 0 Å². The van der Waals surface area contributed by atoms with E-state index in [-0.39, 0.29) is 1.43 Å². The molecule has 1 aliphatic carbocycles. The first kappa shape index (κ1) is 21.9. The van der Waals surface area contributed by atoms with Crippen LogP contribution in [0.5, 0.6) is 0 Å². The molecule has 1 atom stereocenters. The SMILES string of the molecule is CC1CC=C(c2ccc3[nH]c4ccc(-c5cccc6c5oc5ccccc56)cc4c3c2)c2oc3ccccc3c21.[HH]. The Morgan fingerprint density at radius 1 is 0.650 bits per heavy atom. The van der Waals surface area contributed by atoms with Crippen molar-refractivity contribution in [2.75, 3.05) is 0 Å². The largest absolute Gasteiger partial charge is 0.456 e. The Balaban J connectivity index is 0.00000256. The topological polar surface area (TPSA) is 42.1 Å². The van der Waals surface area contributed by atoms with E-state index in [0.29, 0.717) is 5.92 Å². The molecule has 9 rings (SSSR count). The van der Waals surface area contributed by atoms with E-state index in [1.807, 2.05) is 18.2 Å². The minimum atomic E-state index is 0. The summed E-state index contributed by atoms with van der Waals surface area (Å²) in [5.41, 5.74) is 11.0. The fraction of sp³-hybridized carbons (Fsp3) is 0.0811. The number of benzene rings is 5. The van der Waals surface area contributed by atoms with Crippen LogP contribution in [0.1, 0.15) is 37.6 Å². The van der Waals surface area contributed by atoms with Gasteiger partial charge in [0.15, 0.2) is 0 Å². The molecule has 3 nitrogen and oxygen atoms in total. The summed E-state index contributed by atoms with van der Waals surface area (Å²) >= 11 is 0. The van der Waals surface area contributed by atoms with Crippen molar-refractivity contribution in [2.45, 2.75) is 19.3 Å². The van der Waals surface area contributed by atoms with Crippen LogP contribution in [-0.2, 0) is 0 Å². The van der Waals surface area contributed by atoms with Crippen molar-refractivity contribution in [3.8, 4) is 11.1 Å². The molecule has 0 amide bonds. The van der Waals surface area contributed by atoms with Gasteiger partial charge in [0.2, 0.25) is 0 Å². The van der Waals surface area contributed by atoms with Gasteiger partial charge in [0.1, 0.15) is 22.5 Å². The Morgan fingerprint density at radius 3 is 2.15 bits per heavy atom. The lowest BCUT2D eigenvalue weighted by Gasteiger charge is -2.19. The molecule has 192 valence electrons. The zero-order valence-electron chi connectivity index (χ0n) is 22.0. The van der Waals surface area contributed by atoms with Crippen LogP contribution in [0.3, 0.4) is 0 Å². The van der Waals surface area contributed by atoms with Crippen molar-refractivity contribution in [1.29, 1.82) is 0 Å². The zero-order chi connectivity index (χ0) is 26.4. The number of aromatic amines is 1. The Bertz CT molecular complexity index is 2330. The summed E-state index contributed by atoms with van der Waals surface area (Å²) < 4.78 is 12.8. The number of allylic oxidation sites excluding steroid dienone is 1. The molecule has 0 fully saturated rings. The van der Waals surface area contributed by atoms with E-state index >= 15 is 0 Å². The molecular weight excluding hydrogens is 490 g/mol. The van der Waals surface area contributed by atoms with Crippen molar-refractivity contribution < 1.29 is 10.3 Å². The molecule has 1 N–H and O–H groups in total. The maximum atomic E-state index is 6.47. The highest BCUT2D eigenvalue weighted by molar-refractivity contribution is 6.13. The first-order valence-corrected chi connectivity index (χ1v) is 13.9. The van der Waals surface area contributed by atoms with Gasteiger partial charge in [-0.25, -0.2) is 0 Å². The lowest BCUT2D eigenvalue weighted by atomic mass is 9.84. The summed E-state index contributed by atoms with van der Waals surface area (Å²) in [7, 11) is 0. The number of H-pyrrole nitrogens is 1. The fourth-order valence-electron chi connectivity index (χ4n) is 6.72. The molecule has 3 aromatic heterocycles. The number of furan rings is 2. The van der Waals surface area contributed by atoms with Gasteiger partial charge in [-0.1, -0.05) is 79.7 Å². The second kappa shape index (κ2) is 8.00. The van der Waals surface area contributed by atoms with Crippen molar-refractivity contribution in [1.82, 2.24) is 4.98 Å². The highest BCUT2D eigenvalue weighted by atomic mass is 16.3. The molecule has 0 aliphatic heterocycles. The van der Waals surface area contributed by atoms with Crippen LogP contribution < -0.4 is 0 Å². The summed E-state index contributed by atoms with van der Waals surface area (Å²) in [6, 6.07) is 36.5. The molecule has 1 unspecified atom stereocenters. The second-order valence-corrected chi connectivity index (χ2v) is 11.0. The van der Waals surface area contributed by atoms with Crippen LogP contribution in [0.2, 0.25) is 0 Å². The minimum Gasteiger partial charge on any atom is -0.456 e. The number of hydrogen-bond acceptors (Lipinski definition) is 2. The van der Waals surface area contributed by atoms with Gasteiger partial charge in [-0.3, -0.25) is 0 Å². The second-order valence-electron chi connectivity index (χ2n) is 11.0. The van der Waals surface area contributed by atoms with Gasteiger partial charge in [0.05, 0.1) is 0 Å². The molecule has 3 heteroatoms. The minimum absolute atomic E-state index is 0. The first-order chi connectivity index (χ1) is 19.7. The van der Waals surface area contributed by atoms with Gasteiger partial charge in [-0.05, 0) is 59.9 Å². The average molecular weight is 518 g/mol. The number of aromatic nitrogens is 1. The highest BCUT2D eigenvalue weighted by Crippen LogP contribution is 2.44. The predicted octanol–water partition coefficient (Wildman–Crippen LogP) is 10.8. The molecule has 0 spiro atoms. The third-order valence-corrected chi connectivity index (χ3v) is 8.67.